The van der Waals surface area contributed by atoms with Crippen molar-refractivity contribution in [2.24, 2.45) is 0 Å². The molecule has 1 aromatic heterocycles. The van der Waals surface area contributed by atoms with Gasteiger partial charge in [-0.3, -0.25) is 14.5 Å². The van der Waals surface area contributed by atoms with Crippen LogP contribution in [0.3, 0.4) is 0 Å². The fourth-order valence-corrected chi connectivity index (χ4v) is 1.92. The number of carboxylic acid groups (broad SMARTS) is 1. The van der Waals surface area contributed by atoms with Gasteiger partial charge in [-0.25, -0.2) is 0 Å². The molecule has 1 aliphatic rings. The summed E-state index contributed by atoms with van der Waals surface area (Å²) in [5.74, 6) is -0.387. The zero-order valence-corrected chi connectivity index (χ0v) is 9.92. The number of carboxylic acids is 1. The fourth-order valence-electron chi connectivity index (χ4n) is 1.92. The molecule has 1 unspecified atom stereocenters. The maximum Gasteiger partial charge on any atom is 0.305 e. The number of piperazine rings is 1. The molecule has 0 saturated carbocycles. The molecular weight excluding hydrogens is 240 g/mol. The number of hydrogen-bond donors (Lipinski definition) is 2. The molecule has 2 heterocycles. The third kappa shape index (κ3) is 2.83. The minimum absolute atomic E-state index is 0.237. The van der Waals surface area contributed by atoms with Gasteiger partial charge in [-0.2, -0.15) is 4.98 Å². The molecular formula is C10H14N4O4. The van der Waals surface area contributed by atoms with E-state index in [1.54, 1.807) is 11.8 Å². The normalized spacial score (nSPS) is 20.7. The molecule has 1 fully saturated rings. The Kier molecular flexibility index (Phi) is 3.56. The Morgan fingerprint density at radius 1 is 1.67 bits per heavy atom. The molecule has 2 rings (SSSR count). The molecule has 2 N–H and O–H groups in total. The summed E-state index contributed by atoms with van der Waals surface area (Å²) in [6.07, 6.45) is -0.237. The van der Waals surface area contributed by atoms with Gasteiger partial charge in [0.05, 0.1) is 13.0 Å². The molecule has 0 aliphatic carbocycles. The van der Waals surface area contributed by atoms with E-state index in [0.29, 0.717) is 24.8 Å². The van der Waals surface area contributed by atoms with Crippen molar-refractivity contribution in [3.63, 3.8) is 0 Å². The Balaban J connectivity index is 2.07. The lowest BCUT2D eigenvalue weighted by molar-refractivity contribution is -0.143. The van der Waals surface area contributed by atoms with Crippen molar-refractivity contribution >= 4 is 11.9 Å². The molecule has 18 heavy (non-hydrogen) atoms. The molecule has 8 heteroatoms. The Hall–Kier alpha value is -1.96. The first kappa shape index (κ1) is 12.5. The zero-order chi connectivity index (χ0) is 13.1. The first-order valence-electron chi connectivity index (χ1n) is 5.59. The zero-order valence-electron chi connectivity index (χ0n) is 9.92. The average molecular weight is 254 g/mol. The van der Waals surface area contributed by atoms with Crippen LogP contribution in [0.25, 0.3) is 0 Å². The van der Waals surface area contributed by atoms with Gasteiger partial charge in [0.15, 0.2) is 5.82 Å². The minimum Gasteiger partial charge on any atom is -0.481 e. The Morgan fingerprint density at radius 2 is 2.44 bits per heavy atom. The van der Waals surface area contributed by atoms with Crippen molar-refractivity contribution in [1.29, 1.82) is 0 Å². The number of hydrogen-bond acceptors (Lipinski definition) is 6. The summed E-state index contributed by atoms with van der Waals surface area (Å²) >= 11 is 0. The quantitative estimate of drug-likeness (QED) is 0.720. The van der Waals surface area contributed by atoms with E-state index in [0.717, 1.165) is 0 Å². The van der Waals surface area contributed by atoms with Crippen molar-refractivity contribution in [3.8, 4) is 0 Å². The van der Waals surface area contributed by atoms with Gasteiger partial charge in [0, 0.05) is 13.1 Å². The van der Waals surface area contributed by atoms with Crippen LogP contribution in [0.1, 0.15) is 18.1 Å². The molecule has 0 bridgehead atoms. The Bertz CT molecular complexity index is 458. The largest absolute Gasteiger partial charge is 0.481 e. The number of nitrogens with zero attached hydrogens (tertiary/aromatic N) is 3. The lowest BCUT2D eigenvalue weighted by Gasteiger charge is -2.32. The minimum atomic E-state index is -1.01. The molecule has 1 atom stereocenters. The SMILES string of the molecule is Cc1noc(CN2CCNC(=O)C2CC(=O)O)n1. The summed E-state index contributed by atoms with van der Waals surface area (Å²) in [4.78, 5) is 28.2. The summed E-state index contributed by atoms with van der Waals surface area (Å²) in [5.41, 5.74) is 0. The van der Waals surface area contributed by atoms with E-state index in [1.165, 1.54) is 0 Å². The van der Waals surface area contributed by atoms with Crippen LogP contribution in [0.15, 0.2) is 4.52 Å². The van der Waals surface area contributed by atoms with Gasteiger partial charge in [0.1, 0.15) is 6.04 Å². The second-order valence-electron chi connectivity index (χ2n) is 4.11. The van der Waals surface area contributed by atoms with Gasteiger partial charge in [-0.1, -0.05) is 5.16 Å². The molecule has 1 saturated heterocycles. The van der Waals surface area contributed by atoms with E-state index in [4.69, 9.17) is 9.63 Å². The number of aromatic nitrogens is 2. The summed E-state index contributed by atoms with van der Waals surface area (Å²) < 4.78 is 4.97. The third-order valence-corrected chi connectivity index (χ3v) is 2.72. The third-order valence-electron chi connectivity index (χ3n) is 2.72. The second kappa shape index (κ2) is 5.13. The van der Waals surface area contributed by atoms with Crippen LogP contribution < -0.4 is 5.32 Å². The van der Waals surface area contributed by atoms with E-state index in [1.807, 2.05) is 0 Å². The van der Waals surface area contributed by atoms with Gasteiger partial charge in [0.2, 0.25) is 11.8 Å². The lowest BCUT2D eigenvalue weighted by Crippen LogP contribution is -2.55. The highest BCUT2D eigenvalue weighted by atomic mass is 16.5. The highest BCUT2D eigenvalue weighted by molar-refractivity contribution is 5.86. The standard InChI is InChI=1S/C10H14N4O4/c1-6-12-8(18-13-6)5-14-3-2-11-10(17)7(14)4-9(15)16/h7H,2-5H2,1H3,(H,11,17)(H,15,16). The molecule has 1 amide bonds. The Morgan fingerprint density at radius 3 is 3.06 bits per heavy atom. The molecule has 8 nitrogen and oxygen atoms in total. The molecule has 0 aromatic carbocycles. The van der Waals surface area contributed by atoms with E-state index in [9.17, 15) is 9.59 Å². The van der Waals surface area contributed by atoms with Gasteiger partial charge in [0.25, 0.3) is 0 Å². The second-order valence-corrected chi connectivity index (χ2v) is 4.11. The summed E-state index contributed by atoms with van der Waals surface area (Å²) in [5, 5.41) is 15.1. The average Bonchev–Trinajstić information content (AvgIpc) is 2.69. The van der Waals surface area contributed by atoms with Crippen LogP contribution in [0.5, 0.6) is 0 Å². The van der Waals surface area contributed by atoms with E-state index >= 15 is 0 Å². The summed E-state index contributed by atoms with van der Waals surface area (Å²) in [6.45, 7) is 3.03. The van der Waals surface area contributed by atoms with Gasteiger partial charge >= 0.3 is 5.97 Å². The number of aliphatic carboxylic acids is 1. The highest BCUT2D eigenvalue weighted by Gasteiger charge is 2.32. The van der Waals surface area contributed by atoms with Crippen molar-refractivity contribution in [2.75, 3.05) is 13.1 Å². The number of carbonyl (C=O) groups is 2. The number of carbonyl (C=O) groups excluding carboxylic acids is 1. The van der Waals surface area contributed by atoms with Crippen molar-refractivity contribution in [2.45, 2.75) is 25.9 Å². The van der Waals surface area contributed by atoms with E-state index in [-0.39, 0.29) is 18.9 Å². The number of nitrogens with one attached hydrogen (secondary N) is 1. The highest BCUT2D eigenvalue weighted by Crippen LogP contribution is 2.12. The number of amides is 1. The first-order valence-corrected chi connectivity index (χ1v) is 5.59. The number of rotatable bonds is 4. The van der Waals surface area contributed by atoms with Crippen molar-refractivity contribution in [3.05, 3.63) is 11.7 Å². The topological polar surface area (TPSA) is 109 Å². The van der Waals surface area contributed by atoms with Crippen molar-refractivity contribution < 1.29 is 19.2 Å². The van der Waals surface area contributed by atoms with Gasteiger partial charge in [-0.15, -0.1) is 0 Å². The predicted octanol–water partition coefficient (Wildman–Crippen LogP) is -0.847. The first-order chi connectivity index (χ1) is 8.56. The van der Waals surface area contributed by atoms with Crippen LogP contribution >= 0.6 is 0 Å². The van der Waals surface area contributed by atoms with Crippen LogP contribution in [-0.4, -0.2) is 51.2 Å². The maximum atomic E-state index is 11.7. The van der Waals surface area contributed by atoms with Crippen molar-refractivity contribution in [1.82, 2.24) is 20.4 Å². The molecule has 98 valence electrons. The smallest absolute Gasteiger partial charge is 0.305 e. The van der Waals surface area contributed by atoms with Crippen LogP contribution in [0.2, 0.25) is 0 Å². The molecule has 1 aromatic rings. The summed E-state index contributed by atoms with van der Waals surface area (Å²) in [7, 11) is 0. The lowest BCUT2D eigenvalue weighted by atomic mass is 10.1. The maximum absolute atomic E-state index is 11.7. The molecule has 1 aliphatic heterocycles. The van der Waals surface area contributed by atoms with E-state index < -0.39 is 12.0 Å². The van der Waals surface area contributed by atoms with Crippen LogP contribution in [0, 0.1) is 6.92 Å². The predicted molar refractivity (Wildman–Crippen MR) is 58.5 cm³/mol. The van der Waals surface area contributed by atoms with Crippen LogP contribution in [-0.2, 0) is 16.1 Å². The molecule has 0 spiro atoms. The van der Waals surface area contributed by atoms with E-state index in [2.05, 4.69) is 15.5 Å². The number of aryl methyl sites for hydroxylation is 1. The fraction of sp³-hybridized carbons (Fsp3) is 0.600. The monoisotopic (exact) mass is 254 g/mol. The Labute approximate surface area is 103 Å². The van der Waals surface area contributed by atoms with Crippen LogP contribution in [0.4, 0.5) is 0 Å². The van der Waals surface area contributed by atoms with Gasteiger partial charge in [-0.05, 0) is 6.92 Å². The molecule has 0 radical (unpaired) electrons. The summed E-state index contributed by atoms with van der Waals surface area (Å²) in [6, 6.07) is -0.691. The van der Waals surface area contributed by atoms with Gasteiger partial charge < -0.3 is 14.9 Å².